The van der Waals surface area contributed by atoms with Crippen LogP contribution in [0, 0.1) is 12.8 Å². The Hall–Kier alpha value is -2.00. The number of aromatic nitrogens is 3. The minimum Gasteiger partial charge on any atom is -0.376 e. The number of nitrogens with one attached hydrogen (secondary N) is 1. The number of nitrogens with zero attached hydrogens (tertiary/aromatic N) is 4. The fraction of sp³-hybridized carbons (Fsp3) is 0.647. The first kappa shape index (κ1) is 17.4. The Morgan fingerprint density at radius 3 is 3.12 bits per heavy atom. The molecule has 0 spiro atoms. The van der Waals surface area contributed by atoms with E-state index >= 15 is 0 Å². The SMILES string of the molecule is Cc1cc(=O)n2nc(N3CCC[C@@H](C(=O)NC[C@H]4CCCO4)C3)sc2n1. The quantitative estimate of drug-likeness (QED) is 0.854. The molecule has 2 aliphatic rings. The monoisotopic (exact) mass is 377 g/mol. The van der Waals surface area contributed by atoms with Crippen molar-refractivity contribution in [1.82, 2.24) is 19.9 Å². The van der Waals surface area contributed by atoms with Crippen molar-refractivity contribution in [2.75, 3.05) is 31.1 Å². The zero-order chi connectivity index (χ0) is 18.1. The number of piperidine rings is 1. The lowest BCUT2D eigenvalue weighted by atomic mass is 9.97. The van der Waals surface area contributed by atoms with Gasteiger partial charge in [-0.05, 0) is 32.6 Å². The van der Waals surface area contributed by atoms with Gasteiger partial charge in [-0.25, -0.2) is 4.98 Å². The van der Waals surface area contributed by atoms with E-state index in [9.17, 15) is 9.59 Å². The normalized spacial score (nSPS) is 23.5. The molecule has 2 saturated heterocycles. The summed E-state index contributed by atoms with van der Waals surface area (Å²) in [6.07, 6.45) is 4.04. The maximum atomic E-state index is 12.5. The zero-order valence-corrected chi connectivity index (χ0v) is 15.6. The van der Waals surface area contributed by atoms with E-state index in [1.54, 1.807) is 6.92 Å². The van der Waals surface area contributed by atoms with Gasteiger partial charge in [-0.15, -0.1) is 5.10 Å². The molecule has 4 rings (SSSR count). The highest BCUT2D eigenvalue weighted by Gasteiger charge is 2.28. The van der Waals surface area contributed by atoms with Gasteiger partial charge in [0.15, 0.2) is 0 Å². The first-order valence-corrected chi connectivity index (χ1v) is 9.93. The summed E-state index contributed by atoms with van der Waals surface area (Å²) in [6.45, 7) is 4.64. The van der Waals surface area contributed by atoms with E-state index in [0.29, 0.717) is 23.7 Å². The number of rotatable bonds is 4. The van der Waals surface area contributed by atoms with Gasteiger partial charge in [-0.3, -0.25) is 9.59 Å². The summed E-state index contributed by atoms with van der Waals surface area (Å²) < 4.78 is 6.90. The van der Waals surface area contributed by atoms with Crippen molar-refractivity contribution in [2.45, 2.75) is 38.7 Å². The summed E-state index contributed by atoms with van der Waals surface area (Å²) >= 11 is 1.39. The van der Waals surface area contributed by atoms with Crippen LogP contribution in [0.5, 0.6) is 0 Å². The molecule has 2 fully saturated rings. The standard InChI is InChI=1S/C17H23N5O3S/c1-11-8-14(23)22-16(19-11)26-17(20-22)21-6-2-4-12(10-21)15(24)18-9-13-5-3-7-25-13/h8,12-13H,2-7,9-10H2,1H3,(H,18,24)/t12-,13-/m1/s1. The lowest BCUT2D eigenvalue weighted by Crippen LogP contribution is -2.44. The molecule has 0 aromatic carbocycles. The Kier molecular flexibility index (Phi) is 4.90. The summed E-state index contributed by atoms with van der Waals surface area (Å²) in [5.41, 5.74) is 0.521. The molecule has 1 amide bonds. The first-order valence-electron chi connectivity index (χ1n) is 9.12. The number of fused-ring (bicyclic) bond motifs is 1. The van der Waals surface area contributed by atoms with E-state index in [1.807, 2.05) is 0 Å². The second-order valence-electron chi connectivity index (χ2n) is 6.98. The van der Waals surface area contributed by atoms with Crippen molar-refractivity contribution in [1.29, 1.82) is 0 Å². The molecule has 0 unspecified atom stereocenters. The maximum absolute atomic E-state index is 12.5. The van der Waals surface area contributed by atoms with Crippen LogP contribution in [-0.2, 0) is 9.53 Å². The van der Waals surface area contributed by atoms with E-state index in [1.165, 1.54) is 21.9 Å². The largest absolute Gasteiger partial charge is 0.376 e. The van der Waals surface area contributed by atoms with E-state index in [-0.39, 0.29) is 23.5 Å². The second-order valence-corrected chi connectivity index (χ2v) is 7.91. The molecular formula is C17H23N5O3S. The molecule has 2 aromatic heterocycles. The highest BCUT2D eigenvalue weighted by molar-refractivity contribution is 7.20. The molecule has 140 valence electrons. The number of anilines is 1. The predicted octanol–water partition coefficient (Wildman–Crippen LogP) is 0.971. The molecule has 2 aliphatic heterocycles. The van der Waals surface area contributed by atoms with Crippen molar-refractivity contribution in [3.8, 4) is 0 Å². The van der Waals surface area contributed by atoms with Crippen LogP contribution in [-0.4, -0.2) is 52.9 Å². The molecule has 1 N–H and O–H groups in total. The van der Waals surface area contributed by atoms with Crippen LogP contribution in [0.4, 0.5) is 5.13 Å². The number of hydrogen-bond acceptors (Lipinski definition) is 7. The van der Waals surface area contributed by atoms with Crippen LogP contribution in [0.1, 0.15) is 31.4 Å². The molecule has 26 heavy (non-hydrogen) atoms. The smallest absolute Gasteiger partial charge is 0.275 e. The zero-order valence-electron chi connectivity index (χ0n) is 14.8. The van der Waals surface area contributed by atoms with Crippen LogP contribution in [0.25, 0.3) is 4.96 Å². The van der Waals surface area contributed by atoms with Crippen LogP contribution in [0.3, 0.4) is 0 Å². The molecule has 0 saturated carbocycles. The van der Waals surface area contributed by atoms with Gasteiger partial charge in [-0.2, -0.15) is 4.52 Å². The van der Waals surface area contributed by atoms with Crippen LogP contribution < -0.4 is 15.8 Å². The third-order valence-corrected chi connectivity index (χ3v) is 5.92. The van der Waals surface area contributed by atoms with Crippen LogP contribution >= 0.6 is 11.3 Å². The van der Waals surface area contributed by atoms with Crippen molar-refractivity contribution >= 4 is 27.3 Å². The van der Waals surface area contributed by atoms with Gasteiger partial charge < -0.3 is 15.0 Å². The highest BCUT2D eigenvalue weighted by atomic mass is 32.1. The number of aryl methyl sites for hydroxylation is 1. The molecule has 2 aromatic rings. The van der Waals surface area contributed by atoms with E-state index in [0.717, 1.165) is 44.0 Å². The summed E-state index contributed by atoms with van der Waals surface area (Å²) in [5.74, 6) is 0.0148. The average Bonchev–Trinajstić information content (AvgIpc) is 3.29. The Labute approximate surface area is 155 Å². The number of hydrogen-bond donors (Lipinski definition) is 1. The lowest BCUT2D eigenvalue weighted by molar-refractivity contribution is -0.125. The molecule has 0 aliphatic carbocycles. The van der Waals surface area contributed by atoms with Gasteiger partial charge in [0.2, 0.25) is 16.0 Å². The number of carbonyl (C=O) groups is 1. The molecule has 9 heteroatoms. The molecule has 0 bridgehead atoms. The first-order chi connectivity index (χ1) is 12.6. The van der Waals surface area contributed by atoms with Gasteiger partial charge >= 0.3 is 0 Å². The van der Waals surface area contributed by atoms with Crippen LogP contribution in [0.2, 0.25) is 0 Å². The Bertz CT molecular complexity index is 858. The predicted molar refractivity (Wildman–Crippen MR) is 98.8 cm³/mol. The van der Waals surface area contributed by atoms with Gasteiger partial charge in [0.05, 0.1) is 12.0 Å². The van der Waals surface area contributed by atoms with Gasteiger partial charge in [0.1, 0.15) is 0 Å². The minimum atomic E-state index is -0.169. The van der Waals surface area contributed by atoms with Gasteiger partial charge in [0, 0.05) is 38.0 Å². The number of carbonyl (C=O) groups excluding carboxylic acids is 1. The molecular weight excluding hydrogens is 354 g/mol. The molecule has 8 nitrogen and oxygen atoms in total. The van der Waals surface area contributed by atoms with E-state index in [4.69, 9.17) is 4.74 Å². The topological polar surface area (TPSA) is 88.8 Å². The van der Waals surface area contributed by atoms with Crippen molar-refractivity contribution < 1.29 is 9.53 Å². The third-order valence-electron chi connectivity index (χ3n) is 4.95. The molecule has 4 heterocycles. The third kappa shape index (κ3) is 3.59. The summed E-state index contributed by atoms with van der Waals surface area (Å²) in [5, 5.41) is 8.20. The molecule has 2 atom stereocenters. The lowest BCUT2D eigenvalue weighted by Gasteiger charge is -2.31. The highest BCUT2D eigenvalue weighted by Crippen LogP contribution is 2.27. The summed E-state index contributed by atoms with van der Waals surface area (Å²) in [4.78, 5) is 31.6. The minimum absolute atomic E-state index is 0.0661. The fourth-order valence-corrected chi connectivity index (χ4v) is 4.55. The maximum Gasteiger partial charge on any atom is 0.275 e. The van der Waals surface area contributed by atoms with Crippen molar-refractivity contribution in [2.24, 2.45) is 5.92 Å². The summed E-state index contributed by atoms with van der Waals surface area (Å²) in [6, 6.07) is 1.48. The number of ether oxygens (including phenoxy) is 1. The molecule has 0 radical (unpaired) electrons. The van der Waals surface area contributed by atoms with Gasteiger partial charge in [-0.1, -0.05) is 11.3 Å². The fourth-order valence-electron chi connectivity index (χ4n) is 3.57. The van der Waals surface area contributed by atoms with E-state index in [2.05, 4.69) is 20.3 Å². The Balaban J connectivity index is 1.43. The average molecular weight is 377 g/mol. The van der Waals surface area contributed by atoms with E-state index < -0.39 is 0 Å². The second kappa shape index (κ2) is 7.32. The van der Waals surface area contributed by atoms with Gasteiger partial charge in [0.25, 0.3) is 5.56 Å². The van der Waals surface area contributed by atoms with Crippen LogP contribution in [0.15, 0.2) is 10.9 Å². The van der Waals surface area contributed by atoms with Crippen molar-refractivity contribution in [3.63, 3.8) is 0 Å². The summed E-state index contributed by atoms with van der Waals surface area (Å²) in [7, 11) is 0. The van der Waals surface area contributed by atoms with Crippen molar-refractivity contribution in [3.05, 3.63) is 22.1 Å². The Morgan fingerprint density at radius 1 is 1.42 bits per heavy atom. The Morgan fingerprint density at radius 2 is 2.31 bits per heavy atom. The number of amides is 1.